The topological polar surface area (TPSA) is 69.9 Å². The highest BCUT2D eigenvalue weighted by atomic mass is 16.7. The van der Waals surface area contributed by atoms with Crippen molar-refractivity contribution in [1.29, 1.82) is 0 Å². The molecule has 0 atom stereocenters. The molecule has 4 rings (SSSR count). The first kappa shape index (κ1) is 17.6. The summed E-state index contributed by atoms with van der Waals surface area (Å²) in [6, 6.07) is 10.2. The van der Waals surface area contributed by atoms with Gasteiger partial charge in [-0.3, -0.25) is 4.90 Å². The fraction of sp³-hybridized carbons (Fsp3) is 0.579. The minimum Gasteiger partial charge on any atom is -0.368 e. The van der Waals surface area contributed by atoms with Crippen LogP contribution in [0.15, 0.2) is 34.9 Å². The molecule has 7 nitrogen and oxygen atoms in total. The zero-order valence-electron chi connectivity index (χ0n) is 15.1. The molecule has 3 heterocycles. The number of methoxy groups -OCH3 is 1. The second kappa shape index (κ2) is 7.84. The van der Waals surface area contributed by atoms with E-state index in [-0.39, 0.29) is 6.29 Å². The van der Waals surface area contributed by atoms with E-state index in [2.05, 4.69) is 27.2 Å². The van der Waals surface area contributed by atoms with Crippen molar-refractivity contribution in [2.75, 3.05) is 40.0 Å². The smallest absolute Gasteiger partial charge is 0.258 e. The largest absolute Gasteiger partial charge is 0.368 e. The Bertz CT molecular complexity index is 692. The maximum atomic E-state index is 5.86. The minimum absolute atomic E-state index is 0.106. The number of nitrogens with zero attached hydrogens (tertiary/aromatic N) is 3. The van der Waals surface area contributed by atoms with Crippen LogP contribution in [-0.2, 0) is 26.2 Å². The van der Waals surface area contributed by atoms with Crippen LogP contribution in [0.1, 0.15) is 30.1 Å². The summed E-state index contributed by atoms with van der Waals surface area (Å²) >= 11 is 0. The third-order valence-electron chi connectivity index (χ3n) is 5.22. The summed E-state index contributed by atoms with van der Waals surface area (Å²) in [6.45, 7) is 3.93. The fourth-order valence-corrected chi connectivity index (χ4v) is 3.61. The van der Waals surface area contributed by atoms with Crippen molar-refractivity contribution in [3.8, 4) is 0 Å². The van der Waals surface area contributed by atoms with Gasteiger partial charge in [0.1, 0.15) is 5.60 Å². The van der Waals surface area contributed by atoms with Gasteiger partial charge in [-0.15, -0.1) is 0 Å². The van der Waals surface area contributed by atoms with E-state index < -0.39 is 5.60 Å². The zero-order chi connectivity index (χ0) is 17.8. The third kappa shape index (κ3) is 3.81. The number of rotatable bonds is 6. The Hall–Kier alpha value is -1.80. The van der Waals surface area contributed by atoms with E-state index in [0.29, 0.717) is 31.3 Å². The molecule has 0 spiro atoms. The highest BCUT2D eigenvalue weighted by Crippen LogP contribution is 2.35. The average Bonchev–Trinajstić information content (AvgIpc) is 3.36. The van der Waals surface area contributed by atoms with Crippen LogP contribution in [-0.4, -0.2) is 61.3 Å². The van der Waals surface area contributed by atoms with Crippen LogP contribution in [0.4, 0.5) is 0 Å². The van der Waals surface area contributed by atoms with E-state index in [4.69, 9.17) is 18.7 Å². The van der Waals surface area contributed by atoms with Gasteiger partial charge in [-0.1, -0.05) is 35.5 Å². The van der Waals surface area contributed by atoms with Crippen molar-refractivity contribution < 1.29 is 18.7 Å². The van der Waals surface area contributed by atoms with E-state index in [9.17, 15) is 0 Å². The summed E-state index contributed by atoms with van der Waals surface area (Å²) in [4.78, 5) is 6.97. The molecule has 0 unspecified atom stereocenters. The molecule has 26 heavy (non-hydrogen) atoms. The van der Waals surface area contributed by atoms with Gasteiger partial charge in [0.15, 0.2) is 12.1 Å². The lowest BCUT2D eigenvalue weighted by Gasteiger charge is -2.38. The van der Waals surface area contributed by atoms with Crippen LogP contribution in [0.5, 0.6) is 0 Å². The van der Waals surface area contributed by atoms with Gasteiger partial charge in [-0.2, -0.15) is 4.98 Å². The van der Waals surface area contributed by atoms with E-state index in [1.807, 2.05) is 18.2 Å². The summed E-state index contributed by atoms with van der Waals surface area (Å²) in [5, 5.41) is 4.16. The predicted octanol–water partition coefficient (Wildman–Crippen LogP) is 1.97. The maximum absolute atomic E-state index is 5.86. The minimum atomic E-state index is -0.504. The van der Waals surface area contributed by atoms with Crippen molar-refractivity contribution in [2.45, 2.75) is 31.2 Å². The first-order valence-corrected chi connectivity index (χ1v) is 9.15. The van der Waals surface area contributed by atoms with Gasteiger partial charge >= 0.3 is 0 Å². The Morgan fingerprint density at radius 1 is 1.15 bits per heavy atom. The maximum Gasteiger partial charge on any atom is 0.258 e. The summed E-state index contributed by atoms with van der Waals surface area (Å²) in [7, 11) is 1.72. The lowest BCUT2D eigenvalue weighted by molar-refractivity contribution is -0.105. The summed E-state index contributed by atoms with van der Waals surface area (Å²) in [5.74, 6) is 1.27. The Kier molecular flexibility index (Phi) is 5.31. The summed E-state index contributed by atoms with van der Waals surface area (Å²) < 4.78 is 22.5. The van der Waals surface area contributed by atoms with Crippen molar-refractivity contribution in [1.82, 2.24) is 15.0 Å². The quantitative estimate of drug-likeness (QED) is 0.781. The first-order valence-electron chi connectivity index (χ1n) is 9.15. The molecule has 0 amide bonds. The van der Waals surface area contributed by atoms with E-state index in [0.717, 1.165) is 38.0 Å². The second-order valence-corrected chi connectivity index (χ2v) is 6.85. The molecule has 0 N–H and O–H groups in total. The number of hydrogen-bond donors (Lipinski definition) is 0. The normalized spacial score (nSPS) is 21.3. The fourth-order valence-electron chi connectivity index (χ4n) is 3.61. The molecule has 0 saturated carbocycles. The van der Waals surface area contributed by atoms with Crippen LogP contribution < -0.4 is 0 Å². The number of ether oxygens (including phenoxy) is 3. The van der Waals surface area contributed by atoms with Crippen molar-refractivity contribution in [3.63, 3.8) is 0 Å². The van der Waals surface area contributed by atoms with E-state index >= 15 is 0 Å². The van der Waals surface area contributed by atoms with Gasteiger partial charge in [0.25, 0.3) is 5.89 Å². The van der Waals surface area contributed by atoms with Gasteiger partial charge in [0, 0.05) is 33.2 Å². The first-order chi connectivity index (χ1) is 12.8. The highest BCUT2D eigenvalue weighted by Gasteiger charge is 2.42. The molecule has 7 heteroatoms. The molecule has 0 radical (unpaired) electrons. The molecular formula is C19H25N3O4. The number of piperidine rings is 1. The van der Waals surface area contributed by atoms with Crippen molar-refractivity contribution in [3.05, 3.63) is 47.6 Å². The van der Waals surface area contributed by atoms with Gasteiger partial charge in [-0.25, -0.2) is 0 Å². The van der Waals surface area contributed by atoms with Gasteiger partial charge in [0.2, 0.25) is 0 Å². The summed E-state index contributed by atoms with van der Waals surface area (Å²) in [5.41, 5.74) is 0.660. The predicted molar refractivity (Wildman–Crippen MR) is 93.6 cm³/mol. The summed E-state index contributed by atoms with van der Waals surface area (Å²) in [6.07, 6.45) is 2.17. The third-order valence-corrected chi connectivity index (χ3v) is 5.22. The number of benzene rings is 1. The Morgan fingerprint density at radius 2 is 1.88 bits per heavy atom. The molecule has 0 aliphatic carbocycles. The number of aromatic nitrogens is 2. The van der Waals surface area contributed by atoms with Gasteiger partial charge in [-0.05, 0) is 18.4 Å². The van der Waals surface area contributed by atoms with Crippen molar-refractivity contribution in [2.24, 2.45) is 0 Å². The molecule has 2 aliphatic rings. The van der Waals surface area contributed by atoms with Crippen LogP contribution in [0.25, 0.3) is 0 Å². The monoisotopic (exact) mass is 359 g/mol. The van der Waals surface area contributed by atoms with Crippen LogP contribution in [0.3, 0.4) is 0 Å². The Morgan fingerprint density at radius 3 is 2.58 bits per heavy atom. The molecule has 140 valence electrons. The standard InChI is InChI=1S/C19H25N3O4/c1-23-19(7-9-22(10-8-19)14-17-24-11-12-25-17)18-20-16(21-26-18)13-15-5-3-2-4-6-15/h2-6,17H,7-14H2,1H3. The molecule has 1 aromatic heterocycles. The lowest BCUT2D eigenvalue weighted by atomic mass is 9.91. The number of likely N-dealkylation sites (tertiary alicyclic amines) is 1. The van der Waals surface area contributed by atoms with Gasteiger partial charge < -0.3 is 18.7 Å². The molecule has 2 saturated heterocycles. The molecule has 2 fully saturated rings. The Labute approximate surface area is 153 Å². The van der Waals surface area contributed by atoms with Crippen LogP contribution in [0, 0.1) is 0 Å². The molecule has 1 aromatic carbocycles. The van der Waals surface area contributed by atoms with Crippen molar-refractivity contribution >= 4 is 0 Å². The van der Waals surface area contributed by atoms with Crippen LogP contribution >= 0.6 is 0 Å². The van der Waals surface area contributed by atoms with E-state index in [1.165, 1.54) is 0 Å². The highest BCUT2D eigenvalue weighted by molar-refractivity contribution is 5.18. The Balaban J connectivity index is 1.39. The van der Waals surface area contributed by atoms with E-state index in [1.54, 1.807) is 7.11 Å². The molecular weight excluding hydrogens is 334 g/mol. The average molecular weight is 359 g/mol. The second-order valence-electron chi connectivity index (χ2n) is 6.85. The van der Waals surface area contributed by atoms with Gasteiger partial charge in [0.05, 0.1) is 13.2 Å². The SMILES string of the molecule is COC1(c2nc(Cc3ccccc3)no2)CCN(CC2OCCO2)CC1. The number of hydrogen-bond acceptors (Lipinski definition) is 7. The van der Waals surface area contributed by atoms with Crippen LogP contribution in [0.2, 0.25) is 0 Å². The molecule has 2 aromatic rings. The molecule has 2 aliphatic heterocycles. The lowest BCUT2D eigenvalue weighted by Crippen LogP contribution is -2.46. The zero-order valence-corrected chi connectivity index (χ0v) is 15.1. The molecule has 0 bridgehead atoms.